The number of nitrogens with zero attached hydrogens (tertiary/aromatic N) is 2. The normalized spacial score (nSPS) is 15.1. The zero-order valence-electron chi connectivity index (χ0n) is 15.7. The minimum absolute atomic E-state index is 0.0881. The Hall–Kier alpha value is -1.80. The van der Waals surface area contributed by atoms with E-state index < -0.39 is 10.0 Å². The van der Waals surface area contributed by atoms with Crippen LogP contribution in [0.3, 0.4) is 0 Å². The first-order valence-electron chi connectivity index (χ1n) is 9.26. The Morgan fingerprint density at radius 2 is 1.96 bits per heavy atom. The van der Waals surface area contributed by atoms with E-state index in [1.165, 1.54) is 23.6 Å². The van der Waals surface area contributed by atoms with Gasteiger partial charge in [0, 0.05) is 44.6 Å². The number of amides is 2. The third-order valence-electron chi connectivity index (χ3n) is 4.60. The summed E-state index contributed by atoms with van der Waals surface area (Å²) in [6.07, 6.45) is 4.27. The van der Waals surface area contributed by atoms with Crippen LogP contribution in [0.1, 0.15) is 32.6 Å². The molecule has 2 N–H and O–H groups in total. The van der Waals surface area contributed by atoms with Gasteiger partial charge >= 0.3 is 6.03 Å². The lowest BCUT2D eigenvalue weighted by molar-refractivity contribution is 0.251. The standard InChI is InChI=1S/C18H30N4O3S/c1-3-26(24,25)21(2)12-8-11-19-18(23)20-16-9-7-10-17(15-16)22-13-5-4-6-14-22/h7,9-10,15H,3-6,8,11-14H2,1-2H3,(H2,19,20,23). The zero-order chi connectivity index (χ0) is 19.0. The molecule has 0 unspecified atom stereocenters. The van der Waals surface area contributed by atoms with E-state index in [4.69, 9.17) is 0 Å². The van der Waals surface area contributed by atoms with Gasteiger partial charge in [-0.15, -0.1) is 0 Å². The predicted octanol–water partition coefficient (Wildman–Crippen LogP) is 2.47. The van der Waals surface area contributed by atoms with E-state index in [0.717, 1.165) is 24.5 Å². The number of hydrogen-bond donors (Lipinski definition) is 2. The molecule has 2 amide bonds. The second-order valence-electron chi connectivity index (χ2n) is 6.55. The van der Waals surface area contributed by atoms with Crippen LogP contribution in [0.25, 0.3) is 0 Å². The molecule has 7 nitrogen and oxygen atoms in total. The number of piperidine rings is 1. The largest absolute Gasteiger partial charge is 0.371 e. The number of sulfonamides is 1. The minimum Gasteiger partial charge on any atom is -0.371 e. The van der Waals surface area contributed by atoms with Crippen molar-refractivity contribution >= 4 is 27.4 Å². The van der Waals surface area contributed by atoms with E-state index in [1.54, 1.807) is 14.0 Å². The van der Waals surface area contributed by atoms with Crippen LogP contribution in [0.5, 0.6) is 0 Å². The first kappa shape index (κ1) is 20.5. The molecule has 1 saturated heterocycles. The van der Waals surface area contributed by atoms with Crippen molar-refractivity contribution in [3.63, 3.8) is 0 Å². The highest BCUT2D eigenvalue weighted by Crippen LogP contribution is 2.22. The lowest BCUT2D eigenvalue weighted by Crippen LogP contribution is -2.34. The number of benzene rings is 1. The van der Waals surface area contributed by atoms with Crippen LogP contribution in [-0.2, 0) is 10.0 Å². The molecule has 0 aliphatic carbocycles. The summed E-state index contributed by atoms with van der Waals surface area (Å²) in [5.41, 5.74) is 1.89. The zero-order valence-corrected chi connectivity index (χ0v) is 16.5. The van der Waals surface area contributed by atoms with Crippen LogP contribution in [0.4, 0.5) is 16.2 Å². The van der Waals surface area contributed by atoms with Gasteiger partial charge in [-0.25, -0.2) is 17.5 Å². The van der Waals surface area contributed by atoms with Gasteiger partial charge in [0.2, 0.25) is 10.0 Å². The maximum absolute atomic E-state index is 12.0. The predicted molar refractivity (Wildman–Crippen MR) is 106 cm³/mol. The van der Waals surface area contributed by atoms with E-state index in [0.29, 0.717) is 19.5 Å². The molecule has 1 aliphatic rings. The number of carbonyl (C=O) groups is 1. The molecule has 0 atom stereocenters. The lowest BCUT2D eigenvalue weighted by Gasteiger charge is -2.29. The molecule has 0 radical (unpaired) electrons. The first-order chi connectivity index (χ1) is 12.4. The van der Waals surface area contributed by atoms with Crippen LogP contribution >= 0.6 is 0 Å². The van der Waals surface area contributed by atoms with Gasteiger partial charge in [0.05, 0.1) is 5.75 Å². The summed E-state index contributed by atoms with van der Waals surface area (Å²) in [4.78, 5) is 14.4. The molecule has 0 spiro atoms. The molecule has 1 fully saturated rings. The quantitative estimate of drug-likeness (QED) is 0.677. The highest BCUT2D eigenvalue weighted by Gasteiger charge is 2.14. The van der Waals surface area contributed by atoms with Gasteiger partial charge in [0.25, 0.3) is 0 Å². The second-order valence-corrected chi connectivity index (χ2v) is 8.92. The van der Waals surface area contributed by atoms with Gasteiger partial charge in [0.1, 0.15) is 0 Å². The molecule has 0 bridgehead atoms. The van der Waals surface area contributed by atoms with Gasteiger partial charge in [-0.3, -0.25) is 0 Å². The summed E-state index contributed by atoms with van der Waals surface area (Å²) in [6.45, 7) is 4.55. The minimum atomic E-state index is -3.16. The molecule has 146 valence electrons. The number of hydrogen-bond acceptors (Lipinski definition) is 4. The molecular formula is C18H30N4O3S. The summed E-state index contributed by atoms with van der Waals surface area (Å²) in [7, 11) is -1.60. The molecule has 8 heteroatoms. The topological polar surface area (TPSA) is 81.8 Å². The van der Waals surface area contributed by atoms with E-state index in [-0.39, 0.29) is 11.8 Å². The number of carbonyl (C=O) groups excluding carboxylic acids is 1. The molecule has 1 aromatic rings. The number of rotatable bonds is 8. The van der Waals surface area contributed by atoms with Crippen LogP contribution in [0, 0.1) is 0 Å². The SMILES string of the molecule is CCS(=O)(=O)N(C)CCCNC(=O)Nc1cccc(N2CCCCC2)c1. The Morgan fingerprint density at radius 1 is 1.23 bits per heavy atom. The van der Waals surface area contributed by atoms with Crippen LogP contribution in [0.15, 0.2) is 24.3 Å². The Morgan fingerprint density at radius 3 is 2.65 bits per heavy atom. The maximum Gasteiger partial charge on any atom is 0.319 e. The summed E-state index contributed by atoms with van der Waals surface area (Å²) >= 11 is 0. The van der Waals surface area contributed by atoms with E-state index in [1.807, 2.05) is 18.2 Å². The maximum atomic E-state index is 12.0. The molecule has 1 aromatic carbocycles. The van der Waals surface area contributed by atoms with Gasteiger partial charge < -0.3 is 15.5 Å². The van der Waals surface area contributed by atoms with E-state index in [9.17, 15) is 13.2 Å². The van der Waals surface area contributed by atoms with Crippen molar-refractivity contribution in [3.05, 3.63) is 24.3 Å². The van der Waals surface area contributed by atoms with Crippen molar-refractivity contribution < 1.29 is 13.2 Å². The first-order valence-corrected chi connectivity index (χ1v) is 10.9. The molecule has 0 aromatic heterocycles. The van der Waals surface area contributed by atoms with Crippen molar-refractivity contribution in [1.82, 2.24) is 9.62 Å². The molecule has 2 rings (SSSR count). The van der Waals surface area contributed by atoms with Crippen LogP contribution < -0.4 is 15.5 Å². The van der Waals surface area contributed by atoms with Crippen molar-refractivity contribution in [2.45, 2.75) is 32.6 Å². The summed E-state index contributed by atoms with van der Waals surface area (Å²) in [5.74, 6) is 0.0881. The molecular weight excluding hydrogens is 352 g/mol. The summed E-state index contributed by atoms with van der Waals surface area (Å²) < 4.78 is 24.6. The number of nitrogens with one attached hydrogen (secondary N) is 2. The van der Waals surface area contributed by atoms with Crippen molar-refractivity contribution in [2.75, 3.05) is 49.2 Å². The molecule has 1 heterocycles. The Labute approximate surface area is 156 Å². The van der Waals surface area contributed by atoms with Crippen molar-refractivity contribution in [3.8, 4) is 0 Å². The molecule has 0 saturated carbocycles. The third kappa shape index (κ3) is 6.17. The monoisotopic (exact) mass is 382 g/mol. The van der Waals surface area contributed by atoms with Crippen molar-refractivity contribution in [1.29, 1.82) is 0 Å². The highest BCUT2D eigenvalue weighted by atomic mass is 32.2. The fourth-order valence-corrected chi connectivity index (χ4v) is 3.82. The van der Waals surface area contributed by atoms with Crippen molar-refractivity contribution in [2.24, 2.45) is 0 Å². The highest BCUT2D eigenvalue weighted by molar-refractivity contribution is 7.89. The van der Waals surface area contributed by atoms with E-state index in [2.05, 4.69) is 21.6 Å². The van der Waals surface area contributed by atoms with Gasteiger partial charge in [-0.1, -0.05) is 6.07 Å². The number of urea groups is 1. The summed E-state index contributed by atoms with van der Waals surface area (Å²) in [5, 5.41) is 5.61. The van der Waals surface area contributed by atoms with E-state index >= 15 is 0 Å². The van der Waals surface area contributed by atoms with Gasteiger partial charge in [-0.05, 0) is 50.8 Å². The average molecular weight is 383 g/mol. The second kappa shape index (κ2) is 9.78. The fraction of sp³-hybridized carbons (Fsp3) is 0.611. The lowest BCUT2D eigenvalue weighted by atomic mass is 10.1. The van der Waals surface area contributed by atoms with Crippen LogP contribution in [0.2, 0.25) is 0 Å². The fourth-order valence-electron chi connectivity index (χ4n) is 2.97. The Bertz CT molecular complexity index is 687. The summed E-state index contributed by atoms with van der Waals surface area (Å²) in [6, 6.07) is 7.60. The van der Waals surface area contributed by atoms with Crippen LogP contribution in [-0.4, -0.2) is 57.7 Å². The Balaban J connectivity index is 1.76. The molecule has 26 heavy (non-hydrogen) atoms. The van der Waals surface area contributed by atoms with Gasteiger partial charge in [0.15, 0.2) is 0 Å². The Kier molecular flexibility index (Phi) is 7.71. The average Bonchev–Trinajstić information content (AvgIpc) is 2.66. The van der Waals surface area contributed by atoms with Gasteiger partial charge in [-0.2, -0.15) is 0 Å². The molecule has 1 aliphatic heterocycles. The third-order valence-corrected chi connectivity index (χ3v) is 6.46. The number of anilines is 2. The smallest absolute Gasteiger partial charge is 0.319 e.